The van der Waals surface area contributed by atoms with Gasteiger partial charge in [-0.15, -0.1) is 16.4 Å². The Morgan fingerprint density at radius 3 is 2.77 bits per heavy atom. The molecule has 0 aliphatic heterocycles. The Hall–Kier alpha value is -3.06. The second-order valence-electron chi connectivity index (χ2n) is 5.68. The van der Waals surface area contributed by atoms with Gasteiger partial charge in [0.05, 0.1) is 24.2 Å². The van der Waals surface area contributed by atoms with Gasteiger partial charge in [0, 0.05) is 10.9 Å². The number of halogens is 1. The lowest BCUT2D eigenvalue weighted by atomic mass is 10.1. The number of aromatic nitrogens is 4. The third-order valence-electron chi connectivity index (χ3n) is 4.02. The van der Waals surface area contributed by atoms with Gasteiger partial charge in [-0.1, -0.05) is 23.4 Å². The standard InChI is InChI=1S/C19H15FN4OS/c1-12-18(22-23-24(12)15-7-4-6-14(20)10-15)19-21-17(11-26-19)13-5-3-8-16(9-13)25-2/h3-11H,1-2H3. The molecule has 4 rings (SSSR count). The van der Waals surface area contributed by atoms with E-state index in [9.17, 15) is 4.39 Å². The van der Waals surface area contributed by atoms with Crippen molar-refractivity contribution in [3.63, 3.8) is 0 Å². The topological polar surface area (TPSA) is 52.8 Å². The van der Waals surface area contributed by atoms with Crippen molar-refractivity contribution in [3.8, 4) is 33.4 Å². The molecule has 2 heterocycles. The first-order valence-corrected chi connectivity index (χ1v) is 8.82. The molecule has 26 heavy (non-hydrogen) atoms. The molecule has 0 spiro atoms. The van der Waals surface area contributed by atoms with E-state index in [-0.39, 0.29) is 5.82 Å². The molecule has 0 saturated heterocycles. The van der Waals surface area contributed by atoms with E-state index >= 15 is 0 Å². The van der Waals surface area contributed by atoms with E-state index in [1.807, 2.05) is 36.6 Å². The molecule has 0 N–H and O–H groups in total. The zero-order chi connectivity index (χ0) is 18.1. The summed E-state index contributed by atoms with van der Waals surface area (Å²) in [5.74, 6) is 0.471. The summed E-state index contributed by atoms with van der Waals surface area (Å²) in [6, 6.07) is 14.0. The third-order valence-corrected chi connectivity index (χ3v) is 4.87. The largest absolute Gasteiger partial charge is 0.497 e. The Morgan fingerprint density at radius 1 is 1.12 bits per heavy atom. The van der Waals surface area contributed by atoms with Crippen LogP contribution in [0.4, 0.5) is 4.39 Å². The molecule has 0 saturated carbocycles. The molecule has 2 aromatic carbocycles. The van der Waals surface area contributed by atoms with Crippen molar-refractivity contribution in [2.24, 2.45) is 0 Å². The van der Waals surface area contributed by atoms with Crippen LogP contribution >= 0.6 is 11.3 Å². The zero-order valence-corrected chi connectivity index (χ0v) is 15.0. The van der Waals surface area contributed by atoms with Gasteiger partial charge in [0.2, 0.25) is 0 Å². The van der Waals surface area contributed by atoms with Crippen LogP contribution in [0, 0.1) is 12.7 Å². The quantitative estimate of drug-likeness (QED) is 0.533. The fourth-order valence-corrected chi connectivity index (χ4v) is 3.54. The smallest absolute Gasteiger partial charge is 0.146 e. The Bertz CT molecular complexity index is 1070. The molecule has 2 aromatic heterocycles. The Kier molecular flexibility index (Phi) is 4.22. The van der Waals surface area contributed by atoms with Crippen LogP contribution in [-0.4, -0.2) is 27.1 Å². The van der Waals surface area contributed by atoms with Gasteiger partial charge in [0.1, 0.15) is 22.3 Å². The van der Waals surface area contributed by atoms with E-state index < -0.39 is 0 Å². The van der Waals surface area contributed by atoms with Gasteiger partial charge < -0.3 is 4.74 Å². The maximum atomic E-state index is 13.5. The minimum absolute atomic E-state index is 0.312. The Labute approximate surface area is 153 Å². The van der Waals surface area contributed by atoms with Crippen LogP contribution in [0.2, 0.25) is 0 Å². The van der Waals surface area contributed by atoms with Gasteiger partial charge >= 0.3 is 0 Å². The molecule has 0 bridgehead atoms. The molecular weight excluding hydrogens is 351 g/mol. The van der Waals surface area contributed by atoms with Gasteiger partial charge in [0.15, 0.2) is 0 Å². The minimum atomic E-state index is -0.312. The highest BCUT2D eigenvalue weighted by atomic mass is 32.1. The first kappa shape index (κ1) is 16.4. The SMILES string of the molecule is COc1cccc(-c2csc(-c3nnn(-c4cccc(F)c4)c3C)n2)c1. The van der Waals surface area contributed by atoms with Crippen molar-refractivity contribution in [2.45, 2.75) is 6.92 Å². The molecule has 4 aromatic rings. The van der Waals surface area contributed by atoms with Crippen LogP contribution in [0.5, 0.6) is 5.75 Å². The number of nitrogens with zero attached hydrogens (tertiary/aromatic N) is 4. The predicted molar refractivity (Wildman–Crippen MR) is 99.2 cm³/mol. The monoisotopic (exact) mass is 366 g/mol. The molecule has 0 aliphatic rings. The van der Waals surface area contributed by atoms with Crippen LogP contribution in [-0.2, 0) is 0 Å². The average Bonchev–Trinajstić information content (AvgIpc) is 3.28. The second-order valence-corrected chi connectivity index (χ2v) is 6.54. The summed E-state index contributed by atoms with van der Waals surface area (Å²) in [4.78, 5) is 4.68. The zero-order valence-electron chi connectivity index (χ0n) is 14.2. The van der Waals surface area contributed by atoms with Crippen LogP contribution in [0.15, 0.2) is 53.9 Å². The van der Waals surface area contributed by atoms with Crippen molar-refractivity contribution in [1.82, 2.24) is 20.0 Å². The van der Waals surface area contributed by atoms with E-state index in [0.29, 0.717) is 11.4 Å². The molecule has 0 radical (unpaired) electrons. The van der Waals surface area contributed by atoms with E-state index in [0.717, 1.165) is 27.7 Å². The molecule has 5 nitrogen and oxygen atoms in total. The molecular formula is C19H15FN4OS. The number of thiazole rings is 1. The van der Waals surface area contributed by atoms with E-state index in [4.69, 9.17) is 4.74 Å². The van der Waals surface area contributed by atoms with E-state index in [1.54, 1.807) is 23.9 Å². The lowest BCUT2D eigenvalue weighted by Gasteiger charge is -2.03. The third kappa shape index (κ3) is 2.97. The van der Waals surface area contributed by atoms with E-state index in [2.05, 4.69) is 15.3 Å². The maximum absolute atomic E-state index is 13.5. The molecule has 0 fully saturated rings. The van der Waals surface area contributed by atoms with Crippen molar-refractivity contribution in [3.05, 3.63) is 65.4 Å². The summed E-state index contributed by atoms with van der Waals surface area (Å²) in [5, 5.41) is 11.1. The van der Waals surface area contributed by atoms with Crippen LogP contribution in [0.25, 0.3) is 27.6 Å². The van der Waals surface area contributed by atoms with Crippen molar-refractivity contribution < 1.29 is 9.13 Å². The van der Waals surface area contributed by atoms with Crippen molar-refractivity contribution in [2.75, 3.05) is 7.11 Å². The fraction of sp³-hybridized carbons (Fsp3) is 0.105. The van der Waals surface area contributed by atoms with Gasteiger partial charge in [0.25, 0.3) is 0 Å². The highest BCUT2D eigenvalue weighted by Gasteiger charge is 2.16. The number of hydrogen-bond donors (Lipinski definition) is 0. The summed E-state index contributed by atoms with van der Waals surface area (Å²) >= 11 is 1.49. The number of ether oxygens (including phenoxy) is 1. The Morgan fingerprint density at radius 2 is 1.96 bits per heavy atom. The van der Waals surface area contributed by atoms with Crippen LogP contribution < -0.4 is 4.74 Å². The number of rotatable bonds is 4. The van der Waals surface area contributed by atoms with Crippen LogP contribution in [0.1, 0.15) is 5.69 Å². The molecule has 0 aliphatic carbocycles. The summed E-state index contributed by atoms with van der Waals surface area (Å²) in [7, 11) is 1.64. The van der Waals surface area contributed by atoms with Crippen molar-refractivity contribution >= 4 is 11.3 Å². The Balaban J connectivity index is 1.70. The summed E-state index contributed by atoms with van der Waals surface area (Å²) < 4.78 is 20.4. The highest BCUT2D eigenvalue weighted by Crippen LogP contribution is 2.31. The van der Waals surface area contributed by atoms with Gasteiger partial charge in [-0.2, -0.15) is 0 Å². The van der Waals surface area contributed by atoms with E-state index in [1.165, 1.54) is 23.5 Å². The molecule has 0 atom stereocenters. The minimum Gasteiger partial charge on any atom is -0.497 e. The first-order valence-electron chi connectivity index (χ1n) is 7.94. The van der Waals surface area contributed by atoms with Gasteiger partial charge in [-0.3, -0.25) is 0 Å². The lowest BCUT2D eigenvalue weighted by Crippen LogP contribution is -1.99. The molecule has 0 amide bonds. The number of benzene rings is 2. The first-order chi connectivity index (χ1) is 12.7. The molecule has 0 unspecified atom stereocenters. The second kappa shape index (κ2) is 6.68. The summed E-state index contributed by atoms with van der Waals surface area (Å²) in [6.07, 6.45) is 0. The molecule has 130 valence electrons. The number of methoxy groups -OCH3 is 1. The molecule has 7 heteroatoms. The normalized spacial score (nSPS) is 10.9. The summed E-state index contributed by atoms with van der Waals surface area (Å²) in [6.45, 7) is 1.90. The van der Waals surface area contributed by atoms with Gasteiger partial charge in [-0.25, -0.2) is 14.1 Å². The highest BCUT2D eigenvalue weighted by molar-refractivity contribution is 7.13. The number of hydrogen-bond acceptors (Lipinski definition) is 5. The van der Waals surface area contributed by atoms with Crippen molar-refractivity contribution in [1.29, 1.82) is 0 Å². The van der Waals surface area contributed by atoms with Crippen LogP contribution in [0.3, 0.4) is 0 Å². The van der Waals surface area contributed by atoms with Gasteiger partial charge in [-0.05, 0) is 37.3 Å². The fourth-order valence-electron chi connectivity index (χ4n) is 2.68. The summed E-state index contributed by atoms with van der Waals surface area (Å²) in [5.41, 5.74) is 3.95. The predicted octanol–water partition coefficient (Wildman–Crippen LogP) is 4.51. The lowest BCUT2D eigenvalue weighted by molar-refractivity contribution is 0.415. The maximum Gasteiger partial charge on any atom is 0.146 e. The average molecular weight is 366 g/mol.